The van der Waals surface area contributed by atoms with Crippen molar-refractivity contribution in [2.45, 2.75) is 5.88 Å². The summed E-state index contributed by atoms with van der Waals surface area (Å²) in [6, 6.07) is 6.43. The third-order valence-electron chi connectivity index (χ3n) is 2.16. The van der Waals surface area contributed by atoms with Crippen LogP contribution in [-0.2, 0) is 5.88 Å². The minimum absolute atomic E-state index is 0.0402. The molecule has 0 bridgehead atoms. The number of aromatic hydroxyl groups is 1. The van der Waals surface area contributed by atoms with Crippen LogP contribution in [0.3, 0.4) is 0 Å². The van der Waals surface area contributed by atoms with Crippen LogP contribution in [0.15, 0.2) is 35.1 Å². The van der Waals surface area contributed by atoms with Crippen LogP contribution in [-0.4, -0.2) is 14.9 Å². The van der Waals surface area contributed by atoms with Crippen molar-refractivity contribution in [1.82, 2.24) is 9.78 Å². The highest BCUT2D eigenvalue weighted by Crippen LogP contribution is 2.14. The van der Waals surface area contributed by atoms with Crippen molar-refractivity contribution in [1.29, 1.82) is 0 Å². The molecule has 1 heterocycles. The van der Waals surface area contributed by atoms with Gasteiger partial charge in [0.05, 0.1) is 11.6 Å². The summed E-state index contributed by atoms with van der Waals surface area (Å²) in [5, 5.41) is 13.2. The number of aromatic nitrogens is 2. The van der Waals surface area contributed by atoms with E-state index in [1.165, 1.54) is 24.3 Å². The van der Waals surface area contributed by atoms with Crippen LogP contribution in [0.5, 0.6) is 5.75 Å². The van der Waals surface area contributed by atoms with Crippen LogP contribution in [0.2, 0.25) is 0 Å². The van der Waals surface area contributed by atoms with Gasteiger partial charge in [0, 0.05) is 6.07 Å². The monoisotopic (exact) mass is 254 g/mol. The summed E-state index contributed by atoms with van der Waals surface area (Å²) in [5.41, 5.74) is -0.112. The molecule has 0 aliphatic heterocycles. The average molecular weight is 255 g/mol. The number of halogens is 2. The Morgan fingerprint density at radius 2 is 2.18 bits per heavy atom. The molecule has 0 fully saturated rings. The lowest BCUT2D eigenvalue weighted by Crippen LogP contribution is -2.21. The van der Waals surface area contributed by atoms with E-state index in [0.717, 1.165) is 10.7 Å². The topological polar surface area (TPSA) is 55.1 Å². The highest BCUT2D eigenvalue weighted by molar-refractivity contribution is 6.17. The van der Waals surface area contributed by atoms with Gasteiger partial charge in [-0.1, -0.05) is 6.07 Å². The lowest BCUT2D eigenvalue weighted by atomic mass is 10.3. The summed E-state index contributed by atoms with van der Waals surface area (Å²) >= 11 is 5.56. The molecule has 0 aliphatic rings. The first-order chi connectivity index (χ1) is 8.11. The van der Waals surface area contributed by atoms with Crippen molar-refractivity contribution in [3.8, 4) is 11.4 Å². The highest BCUT2D eigenvalue weighted by atomic mass is 35.5. The van der Waals surface area contributed by atoms with Gasteiger partial charge in [0.1, 0.15) is 17.3 Å². The van der Waals surface area contributed by atoms with Crippen LogP contribution in [0.4, 0.5) is 4.39 Å². The van der Waals surface area contributed by atoms with Crippen LogP contribution in [0.1, 0.15) is 5.69 Å². The Labute approximate surface area is 101 Å². The maximum atomic E-state index is 13.0. The van der Waals surface area contributed by atoms with Crippen molar-refractivity contribution < 1.29 is 9.50 Å². The van der Waals surface area contributed by atoms with E-state index in [-0.39, 0.29) is 23.0 Å². The Morgan fingerprint density at radius 1 is 1.41 bits per heavy atom. The second-order valence-corrected chi connectivity index (χ2v) is 3.61. The molecule has 0 saturated heterocycles. The quantitative estimate of drug-likeness (QED) is 0.832. The lowest BCUT2D eigenvalue weighted by Gasteiger charge is -2.06. The van der Waals surface area contributed by atoms with Crippen molar-refractivity contribution in [2.75, 3.05) is 0 Å². The number of hydrogen-bond acceptors (Lipinski definition) is 3. The molecule has 1 aromatic heterocycles. The normalized spacial score (nSPS) is 10.5. The molecule has 6 heteroatoms. The molecular formula is C11H8ClFN2O2. The molecule has 4 nitrogen and oxygen atoms in total. The van der Waals surface area contributed by atoms with Crippen molar-refractivity contribution in [3.05, 3.63) is 52.2 Å². The SMILES string of the molecule is O=c1cc(O)c(CCl)nn1-c1cccc(F)c1. The molecule has 0 saturated carbocycles. The smallest absolute Gasteiger partial charge is 0.275 e. The zero-order chi connectivity index (χ0) is 12.4. The molecule has 0 radical (unpaired) electrons. The molecule has 0 atom stereocenters. The summed E-state index contributed by atoms with van der Waals surface area (Å²) in [5.74, 6) is -0.782. The molecule has 0 aliphatic carbocycles. The van der Waals surface area contributed by atoms with Crippen molar-refractivity contribution in [2.24, 2.45) is 0 Å². The van der Waals surface area contributed by atoms with E-state index in [0.29, 0.717) is 0 Å². The van der Waals surface area contributed by atoms with E-state index < -0.39 is 11.4 Å². The molecule has 17 heavy (non-hydrogen) atoms. The van der Waals surface area contributed by atoms with Crippen molar-refractivity contribution in [3.63, 3.8) is 0 Å². The fraction of sp³-hybridized carbons (Fsp3) is 0.0909. The van der Waals surface area contributed by atoms with Crippen LogP contribution in [0.25, 0.3) is 5.69 Å². The summed E-state index contributed by atoms with van der Waals surface area (Å²) in [4.78, 5) is 11.6. The zero-order valence-electron chi connectivity index (χ0n) is 8.60. The Hall–Kier alpha value is -1.88. The summed E-state index contributed by atoms with van der Waals surface area (Å²) in [6.45, 7) is 0. The van der Waals surface area contributed by atoms with Gasteiger partial charge in [-0.2, -0.15) is 9.78 Å². The molecule has 2 aromatic rings. The van der Waals surface area contributed by atoms with Gasteiger partial charge >= 0.3 is 0 Å². The van der Waals surface area contributed by atoms with Gasteiger partial charge in [-0.3, -0.25) is 4.79 Å². The van der Waals surface area contributed by atoms with E-state index in [9.17, 15) is 14.3 Å². The molecule has 0 spiro atoms. The lowest BCUT2D eigenvalue weighted by molar-refractivity contribution is 0.460. The van der Waals surface area contributed by atoms with E-state index in [1.54, 1.807) is 0 Å². The molecule has 1 N–H and O–H groups in total. The van der Waals surface area contributed by atoms with Crippen LogP contribution >= 0.6 is 11.6 Å². The molecule has 2 rings (SSSR count). The van der Waals surface area contributed by atoms with E-state index in [4.69, 9.17) is 11.6 Å². The molecule has 88 valence electrons. The second kappa shape index (κ2) is 4.55. The molecule has 0 unspecified atom stereocenters. The fourth-order valence-corrected chi connectivity index (χ4v) is 1.56. The van der Waals surface area contributed by atoms with E-state index in [2.05, 4.69) is 5.10 Å². The first kappa shape index (κ1) is 11.6. The predicted octanol–water partition coefficient (Wildman–Crippen LogP) is 1.82. The van der Waals surface area contributed by atoms with Gasteiger partial charge < -0.3 is 5.11 Å². The summed E-state index contributed by atoms with van der Waals surface area (Å²) < 4.78 is 14.0. The van der Waals surface area contributed by atoms with Crippen LogP contribution in [0, 0.1) is 5.82 Å². The first-order valence-corrected chi connectivity index (χ1v) is 5.29. The van der Waals surface area contributed by atoms with E-state index in [1.807, 2.05) is 0 Å². The van der Waals surface area contributed by atoms with Gasteiger partial charge in [0.2, 0.25) is 0 Å². The van der Waals surface area contributed by atoms with Gasteiger partial charge in [-0.05, 0) is 18.2 Å². The van der Waals surface area contributed by atoms with Gasteiger partial charge in [-0.25, -0.2) is 4.39 Å². The zero-order valence-corrected chi connectivity index (χ0v) is 9.36. The van der Waals surface area contributed by atoms with Gasteiger partial charge in [-0.15, -0.1) is 11.6 Å². The maximum absolute atomic E-state index is 13.0. The minimum atomic E-state index is -0.554. The van der Waals surface area contributed by atoms with Crippen LogP contribution < -0.4 is 5.56 Å². The standard InChI is InChI=1S/C11H8ClFN2O2/c12-6-9-10(16)5-11(17)15(14-9)8-3-1-2-7(13)4-8/h1-5,16H,6H2. The van der Waals surface area contributed by atoms with Crippen molar-refractivity contribution >= 4 is 11.6 Å². The third-order valence-corrected chi connectivity index (χ3v) is 2.42. The fourth-order valence-electron chi connectivity index (χ4n) is 1.37. The molecule has 0 amide bonds. The summed E-state index contributed by atoms with van der Waals surface area (Å²) in [6.07, 6.45) is 0. The second-order valence-electron chi connectivity index (χ2n) is 3.34. The molecular weight excluding hydrogens is 247 g/mol. The number of nitrogens with zero attached hydrogens (tertiary/aromatic N) is 2. The first-order valence-electron chi connectivity index (χ1n) is 4.76. The van der Waals surface area contributed by atoms with Gasteiger partial charge in [0.25, 0.3) is 5.56 Å². The number of rotatable bonds is 2. The third kappa shape index (κ3) is 2.29. The Morgan fingerprint density at radius 3 is 2.82 bits per heavy atom. The maximum Gasteiger partial charge on any atom is 0.275 e. The Kier molecular flexibility index (Phi) is 3.10. The number of benzene rings is 1. The largest absolute Gasteiger partial charge is 0.506 e. The van der Waals surface area contributed by atoms with E-state index >= 15 is 0 Å². The number of alkyl halides is 1. The van der Waals surface area contributed by atoms with Gasteiger partial charge in [0.15, 0.2) is 0 Å². The minimum Gasteiger partial charge on any atom is -0.506 e. The predicted molar refractivity (Wildman–Crippen MR) is 61.0 cm³/mol. The Bertz CT molecular complexity index is 613. The molecule has 1 aromatic carbocycles. The summed E-state index contributed by atoms with van der Waals surface area (Å²) in [7, 11) is 0. The highest BCUT2D eigenvalue weighted by Gasteiger charge is 2.08. The average Bonchev–Trinajstić information content (AvgIpc) is 2.29. The number of hydrogen-bond donors (Lipinski definition) is 1. The Balaban J connectivity index is 2.63.